The number of fused-ring (bicyclic) bond motifs is 10. The van der Waals surface area contributed by atoms with Crippen molar-refractivity contribution in [2.45, 2.75) is 0 Å². The molecule has 2 aliphatic rings. The van der Waals surface area contributed by atoms with Crippen molar-refractivity contribution in [3.05, 3.63) is 145 Å². The van der Waals surface area contributed by atoms with Crippen molar-refractivity contribution < 1.29 is 46.7 Å². The molecule has 0 saturated heterocycles. The molecule has 4 heterocycles. The molecule has 0 atom stereocenters. The third-order valence-corrected chi connectivity index (χ3v) is 8.10. The predicted octanol–water partition coefficient (Wildman–Crippen LogP) is 9.62. The van der Waals surface area contributed by atoms with Crippen LogP contribution in [0.5, 0.6) is 17.2 Å². The molecule has 0 radical (unpaired) electrons. The van der Waals surface area contributed by atoms with Crippen LogP contribution in [-0.2, 0) is 0 Å². The lowest BCUT2D eigenvalue weighted by molar-refractivity contribution is 0.479. The first-order valence-electron chi connectivity index (χ1n) is 26.0. The van der Waals surface area contributed by atoms with Crippen LogP contribution in [0, 0.1) is 0 Å². The van der Waals surface area contributed by atoms with Crippen molar-refractivity contribution in [2.75, 3.05) is 0 Å². The zero-order chi connectivity index (χ0) is 51.5. The molecule has 11 rings (SSSR count). The fourth-order valence-corrected chi connectivity index (χ4v) is 6.14. The van der Waals surface area contributed by atoms with Crippen LogP contribution in [-0.4, -0.2) is 11.5 Å². The number of hydrogen-bond acceptors (Lipinski definition) is 3. The Morgan fingerprint density at radius 1 is 0.532 bits per heavy atom. The first-order chi connectivity index (χ1) is 33.3. The molecule has 0 spiro atoms. The molecule has 4 nitrogen and oxygen atoms in total. The molecule has 0 saturated carbocycles. The van der Waals surface area contributed by atoms with Gasteiger partial charge in [-0.25, -0.2) is 0 Å². The molecule has 0 fully saturated rings. The molecule has 2 aliphatic heterocycles. The second kappa shape index (κ2) is 9.18. The van der Waals surface area contributed by atoms with E-state index >= 15 is 0 Å². The molecule has 218 valence electrons. The van der Waals surface area contributed by atoms with Crippen LogP contribution in [0.15, 0.2) is 149 Å². The zero-order valence-corrected chi connectivity index (χ0v) is 23.2. The number of rotatable bonds is 2. The van der Waals surface area contributed by atoms with Crippen molar-refractivity contribution in [1.82, 2.24) is 4.57 Å². The van der Waals surface area contributed by atoms with E-state index in [0.717, 1.165) is 4.57 Å². The molecule has 47 heavy (non-hydrogen) atoms. The minimum absolute atomic E-state index is 0.351. The molecule has 0 N–H and O–H groups in total. The lowest BCUT2D eigenvalue weighted by Gasteiger charge is -2.33. The van der Waals surface area contributed by atoms with Gasteiger partial charge in [-0.15, -0.1) is 0 Å². The third kappa shape index (κ3) is 3.43. The Morgan fingerprint density at radius 2 is 1.23 bits per heavy atom. The second-order valence-corrected chi connectivity index (χ2v) is 10.6. The number of nitrogens with zero attached hydrogens (tertiary/aromatic N) is 1. The average Bonchev–Trinajstić information content (AvgIpc) is 3.92. The van der Waals surface area contributed by atoms with E-state index < -0.39 is 236 Å². The number of furan rings is 1. The topological polar surface area (TPSA) is 36.5 Å². The van der Waals surface area contributed by atoms with Crippen molar-refractivity contribution >= 4 is 61.6 Å². The maximum atomic E-state index is 9.89. The zero-order valence-electron chi connectivity index (χ0n) is 47.2. The average molecular weight is 626 g/mol. The van der Waals surface area contributed by atoms with Crippen LogP contribution in [0.4, 0.5) is 0 Å². The highest BCUT2D eigenvalue weighted by Crippen LogP contribution is 2.44. The van der Waals surface area contributed by atoms with Gasteiger partial charge in [0.15, 0.2) is 0 Å². The first-order valence-corrected chi connectivity index (χ1v) is 14.0. The molecule has 0 unspecified atom stereocenters. The number of benzene rings is 7. The number of aromatic nitrogens is 1. The number of ether oxygens (including phenoxy) is 1. The minimum Gasteiger partial charge on any atom is -0.551 e. The Bertz CT molecular complexity index is 4050. The summed E-state index contributed by atoms with van der Waals surface area (Å²) in [6, 6.07) is -18.9. The van der Waals surface area contributed by atoms with E-state index in [1.165, 1.54) is 0 Å². The van der Waals surface area contributed by atoms with Crippen LogP contribution >= 0.6 is 0 Å². The summed E-state index contributed by atoms with van der Waals surface area (Å²) >= 11 is 0. The van der Waals surface area contributed by atoms with Gasteiger partial charge in [0.05, 0.1) is 43.9 Å². The lowest BCUT2D eigenvalue weighted by atomic mass is 9.50. The van der Waals surface area contributed by atoms with Gasteiger partial charge in [0.25, 0.3) is 0 Å². The Hall–Kier alpha value is -6.20. The van der Waals surface area contributed by atoms with E-state index in [0.29, 0.717) is 0 Å². The lowest BCUT2D eigenvalue weighted by Crippen LogP contribution is -2.53. The summed E-state index contributed by atoms with van der Waals surface area (Å²) in [7, 11) is 0. The quantitative estimate of drug-likeness (QED) is 0.180. The highest BCUT2D eigenvalue weighted by molar-refractivity contribution is 6.84. The maximum Gasteiger partial charge on any atom is 0.434 e. The van der Waals surface area contributed by atoms with Crippen LogP contribution in [0.2, 0.25) is 0 Å². The summed E-state index contributed by atoms with van der Waals surface area (Å²) in [5, 5.41) is -1.56. The van der Waals surface area contributed by atoms with Crippen LogP contribution in [0.25, 0.3) is 71.7 Å². The van der Waals surface area contributed by atoms with Crippen molar-refractivity contribution in [3.63, 3.8) is 0 Å². The maximum absolute atomic E-state index is 9.89. The fourth-order valence-electron chi connectivity index (χ4n) is 6.14. The van der Waals surface area contributed by atoms with Gasteiger partial charge >= 0.3 is 6.92 Å². The second-order valence-electron chi connectivity index (χ2n) is 10.6. The first kappa shape index (κ1) is 11.6. The SMILES string of the molecule is [2H]c1c([2H])c([2H])c2c(c1[2H])OB1c3c([2H])c(-n4c5c([2H])c([2H])c([2H])c([2H])c5c5c([2H])c([2H])c([2H])c([2H])c54)c([2H])c([2H])c3Oc3c([2H])c(-c4c([2H])c([2H])c([2H])c5c4oc4c([2H])c([2H])c([2H])c([2H])c45)c([2H])c-2c31. The van der Waals surface area contributed by atoms with Gasteiger partial charge in [-0.1, -0.05) is 90.6 Å². The third-order valence-electron chi connectivity index (χ3n) is 8.10. The number of hydrogen-bond donors (Lipinski definition) is 0. The molecule has 9 aromatic rings. The van der Waals surface area contributed by atoms with E-state index in [2.05, 4.69) is 0 Å². The van der Waals surface area contributed by atoms with Gasteiger partial charge in [0, 0.05) is 49.3 Å². The standard InChI is InChI=1S/C42H24BNO3/c1-5-16-35-28(10-1)29-11-2-6-17-36(29)44(35)26-20-21-39-34(24-26)43-41-33(31-13-4-8-19-38(31)47-43)22-25(23-40(41)45-39)27-14-9-15-32-30-12-3-7-18-37(30)46-42(27)32/h1-24H/i1D,2D,3D,4D,5D,6D,7D,8D,9D,10D,11D,12D,13D,14D,15D,16D,17D,18D,19D,20D,21D,22D,23D,24D. The van der Waals surface area contributed by atoms with Crippen LogP contribution in [0.3, 0.4) is 0 Å². The van der Waals surface area contributed by atoms with Gasteiger partial charge in [-0.3, -0.25) is 0 Å². The predicted molar refractivity (Wildman–Crippen MR) is 191 cm³/mol. The van der Waals surface area contributed by atoms with Crippen molar-refractivity contribution in [3.8, 4) is 45.2 Å². The Kier molecular flexibility index (Phi) is 2.26. The Balaban J connectivity index is 1.30. The summed E-state index contributed by atoms with van der Waals surface area (Å²) < 4.78 is 234. The highest BCUT2D eigenvalue weighted by Gasteiger charge is 2.41. The molecule has 0 aliphatic carbocycles. The van der Waals surface area contributed by atoms with Gasteiger partial charge in [-0.05, 0) is 65.5 Å². The van der Waals surface area contributed by atoms with Gasteiger partial charge in [0.1, 0.15) is 28.4 Å². The minimum atomic E-state index is -1.89. The smallest absolute Gasteiger partial charge is 0.434 e. The molecule has 7 aromatic carbocycles. The summed E-state index contributed by atoms with van der Waals surface area (Å²) in [5.74, 6) is -1.92. The largest absolute Gasteiger partial charge is 0.551 e. The molecule has 0 amide bonds. The summed E-state index contributed by atoms with van der Waals surface area (Å²) in [6.07, 6.45) is 0. The fraction of sp³-hybridized carbons (Fsp3) is 0. The van der Waals surface area contributed by atoms with Crippen LogP contribution < -0.4 is 20.3 Å². The van der Waals surface area contributed by atoms with Gasteiger partial charge < -0.3 is 18.4 Å². The molecule has 0 bridgehead atoms. The van der Waals surface area contributed by atoms with Crippen LogP contribution in [0.1, 0.15) is 32.9 Å². The highest BCUT2D eigenvalue weighted by atomic mass is 16.5. The van der Waals surface area contributed by atoms with E-state index in [9.17, 15) is 8.22 Å². The van der Waals surface area contributed by atoms with Crippen molar-refractivity contribution in [1.29, 1.82) is 0 Å². The number of para-hydroxylation sites is 5. The van der Waals surface area contributed by atoms with Gasteiger partial charge in [-0.2, -0.15) is 0 Å². The molecule has 2 aromatic heterocycles. The molecular weight excluding hydrogens is 577 g/mol. The van der Waals surface area contributed by atoms with E-state index in [1.54, 1.807) is 0 Å². The Labute approximate surface area is 303 Å². The Morgan fingerprint density at radius 3 is 2.09 bits per heavy atom. The van der Waals surface area contributed by atoms with E-state index in [1.807, 2.05) is 0 Å². The summed E-state index contributed by atoms with van der Waals surface area (Å²) in [6.45, 7) is -1.89. The monoisotopic (exact) mass is 625 g/mol. The van der Waals surface area contributed by atoms with Gasteiger partial charge in [0.2, 0.25) is 0 Å². The van der Waals surface area contributed by atoms with Crippen molar-refractivity contribution in [2.24, 2.45) is 0 Å². The summed E-state index contributed by atoms with van der Waals surface area (Å²) in [4.78, 5) is 0. The molecular formula is C42H24BNO3. The van der Waals surface area contributed by atoms with E-state index in [4.69, 9.17) is 38.5 Å². The summed E-state index contributed by atoms with van der Waals surface area (Å²) in [5.41, 5.74) is -5.71. The normalized spacial score (nSPS) is 20.1. The molecule has 5 heteroatoms. The van der Waals surface area contributed by atoms with E-state index in [-0.39, 0.29) is 16.2 Å².